The number of hydrogen-bond acceptors (Lipinski definition) is 4. The van der Waals surface area contributed by atoms with E-state index in [0.717, 1.165) is 23.3 Å². The van der Waals surface area contributed by atoms with Crippen LogP contribution < -0.4 is 5.43 Å². The van der Waals surface area contributed by atoms with Crippen LogP contribution in [0.15, 0.2) is 35.6 Å². The molecule has 1 aliphatic carbocycles. The molecule has 0 saturated heterocycles. The second kappa shape index (κ2) is 3.77. The predicted octanol–water partition coefficient (Wildman–Crippen LogP) is 2.08. The summed E-state index contributed by atoms with van der Waals surface area (Å²) in [7, 11) is 0. The van der Waals surface area contributed by atoms with Crippen molar-refractivity contribution in [2.75, 3.05) is 6.54 Å². The number of nitrogens with zero attached hydrogens (tertiary/aromatic N) is 3. The van der Waals surface area contributed by atoms with Crippen molar-refractivity contribution < 1.29 is 0 Å². The molecule has 1 aliphatic heterocycles. The summed E-state index contributed by atoms with van der Waals surface area (Å²) in [5.74, 6) is 0.993. The number of nitrogens with one attached hydrogen (secondary N) is 1. The van der Waals surface area contributed by atoms with Crippen molar-refractivity contribution in [3.8, 4) is 0 Å². The van der Waals surface area contributed by atoms with Gasteiger partial charge in [0.1, 0.15) is 0 Å². The molecule has 1 fully saturated rings. The molecule has 1 unspecified atom stereocenters. The van der Waals surface area contributed by atoms with E-state index in [4.69, 9.17) is 4.98 Å². The fourth-order valence-electron chi connectivity index (χ4n) is 2.56. The highest BCUT2D eigenvalue weighted by Crippen LogP contribution is 2.37. The third-order valence-electron chi connectivity index (χ3n) is 3.68. The molecule has 0 bridgehead atoms. The van der Waals surface area contributed by atoms with E-state index in [0.29, 0.717) is 11.8 Å². The zero-order valence-electron chi connectivity index (χ0n) is 10.0. The molecule has 0 radical (unpaired) electrons. The summed E-state index contributed by atoms with van der Waals surface area (Å²) in [5, 5.41) is 4.43. The molecule has 1 aromatic heterocycles. The van der Waals surface area contributed by atoms with Crippen LogP contribution in [0.3, 0.4) is 0 Å². The number of para-hydroxylation sites is 2. The lowest BCUT2D eigenvalue weighted by Gasteiger charge is -2.10. The van der Waals surface area contributed by atoms with Gasteiger partial charge in [-0.2, -0.15) is 5.10 Å². The average molecular weight is 238 g/mol. The lowest BCUT2D eigenvalue weighted by atomic mass is 9.97. The fraction of sp³-hybridized carbons (Fsp3) is 0.357. The van der Waals surface area contributed by atoms with Crippen molar-refractivity contribution in [1.29, 1.82) is 0 Å². The molecular formula is C14H14N4. The van der Waals surface area contributed by atoms with E-state index in [1.165, 1.54) is 18.6 Å². The molecule has 90 valence electrons. The van der Waals surface area contributed by atoms with Gasteiger partial charge in [-0.25, -0.2) is 4.98 Å². The van der Waals surface area contributed by atoms with Gasteiger partial charge in [-0.1, -0.05) is 12.1 Å². The number of hydrazone groups is 1. The predicted molar refractivity (Wildman–Crippen MR) is 70.4 cm³/mol. The first-order chi connectivity index (χ1) is 8.92. The molecule has 4 heteroatoms. The summed E-state index contributed by atoms with van der Waals surface area (Å²) in [5.41, 5.74) is 7.36. The molecule has 1 aromatic carbocycles. The Morgan fingerprint density at radius 2 is 1.94 bits per heavy atom. The van der Waals surface area contributed by atoms with E-state index in [9.17, 15) is 0 Å². The summed E-state index contributed by atoms with van der Waals surface area (Å²) >= 11 is 0. The highest BCUT2D eigenvalue weighted by molar-refractivity contribution is 5.95. The van der Waals surface area contributed by atoms with Gasteiger partial charge < -0.3 is 5.43 Å². The summed E-state index contributed by atoms with van der Waals surface area (Å²) < 4.78 is 0. The maximum atomic E-state index is 4.73. The van der Waals surface area contributed by atoms with Crippen LogP contribution in [0.5, 0.6) is 0 Å². The zero-order chi connectivity index (χ0) is 11.9. The Morgan fingerprint density at radius 3 is 2.78 bits per heavy atom. The molecule has 1 atom stereocenters. The lowest BCUT2D eigenvalue weighted by Crippen LogP contribution is -2.16. The van der Waals surface area contributed by atoms with E-state index in [2.05, 4.69) is 15.5 Å². The normalized spacial score (nSPS) is 22.9. The Bertz CT molecular complexity index is 630. The molecule has 1 saturated carbocycles. The van der Waals surface area contributed by atoms with Crippen LogP contribution in [0.4, 0.5) is 0 Å². The van der Waals surface area contributed by atoms with Gasteiger partial charge in [0.15, 0.2) is 0 Å². The number of benzene rings is 1. The van der Waals surface area contributed by atoms with Crippen LogP contribution in [0.1, 0.15) is 24.5 Å². The van der Waals surface area contributed by atoms with Gasteiger partial charge in [0.2, 0.25) is 0 Å². The Morgan fingerprint density at radius 1 is 1.11 bits per heavy atom. The van der Waals surface area contributed by atoms with Crippen molar-refractivity contribution in [2.45, 2.75) is 18.8 Å². The van der Waals surface area contributed by atoms with Crippen molar-refractivity contribution >= 4 is 16.7 Å². The number of rotatable bonds is 2. The topological polar surface area (TPSA) is 50.2 Å². The van der Waals surface area contributed by atoms with E-state index >= 15 is 0 Å². The summed E-state index contributed by atoms with van der Waals surface area (Å²) in [6.07, 6.45) is 4.45. The maximum Gasteiger partial charge on any atom is 0.0890 e. The Balaban J connectivity index is 1.75. The minimum absolute atomic E-state index is 0.314. The summed E-state index contributed by atoms with van der Waals surface area (Å²) in [6.45, 7) is 0.860. The minimum Gasteiger partial charge on any atom is -0.309 e. The van der Waals surface area contributed by atoms with Crippen LogP contribution in [-0.2, 0) is 0 Å². The van der Waals surface area contributed by atoms with Crippen LogP contribution in [0.2, 0.25) is 0 Å². The minimum atomic E-state index is 0.314. The van der Waals surface area contributed by atoms with Crippen LogP contribution in [-0.4, -0.2) is 22.2 Å². The average Bonchev–Trinajstić information content (AvgIpc) is 3.16. The molecule has 4 nitrogen and oxygen atoms in total. The van der Waals surface area contributed by atoms with Gasteiger partial charge in [0.25, 0.3) is 0 Å². The highest BCUT2D eigenvalue weighted by Gasteiger charge is 2.36. The van der Waals surface area contributed by atoms with Gasteiger partial charge in [-0.3, -0.25) is 4.98 Å². The van der Waals surface area contributed by atoms with E-state index in [-0.39, 0.29) is 0 Å². The first kappa shape index (κ1) is 10.00. The summed E-state index contributed by atoms with van der Waals surface area (Å²) in [4.78, 5) is 9.23. The number of aromatic nitrogens is 2. The maximum absolute atomic E-state index is 4.73. The molecule has 2 aromatic rings. The molecular weight excluding hydrogens is 224 g/mol. The molecule has 0 amide bonds. The molecule has 0 spiro atoms. The smallest absolute Gasteiger partial charge is 0.0890 e. The van der Waals surface area contributed by atoms with Crippen molar-refractivity contribution in [3.63, 3.8) is 0 Å². The Kier molecular flexibility index (Phi) is 2.09. The van der Waals surface area contributed by atoms with E-state index in [1.807, 2.05) is 30.5 Å². The van der Waals surface area contributed by atoms with Crippen molar-refractivity contribution in [3.05, 3.63) is 36.2 Å². The van der Waals surface area contributed by atoms with Gasteiger partial charge in [-0.05, 0) is 30.9 Å². The van der Waals surface area contributed by atoms with Crippen molar-refractivity contribution in [2.24, 2.45) is 11.0 Å². The first-order valence-electron chi connectivity index (χ1n) is 6.44. The number of fused-ring (bicyclic) bond motifs is 1. The first-order valence-corrected chi connectivity index (χ1v) is 6.44. The second-order valence-electron chi connectivity index (χ2n) is 5.01. The van der Waals surface area contributed by atoms with Crippen LogP contribution in [0, 0.1) is 5.92 Å². The van der Waals surface area contributed by atoms with Gasteiger partial charge in [0.05, 0.1) is 28.4 Å². The molecule has 18 heavy (non-hydrogen) atoms. The van der Waals surface area contributed by atoms with Gasteiger partial charge >= 0.3 is 0 Å². The highest BCUT2D eigenvalue weighted by atomic mass is 15.3. The molecule has 4 rings (SSSR count). The summed E-state index contributed by atoms with van der Waals surface area (Å²) in [6, 6.07) is 8.01. The van der Waals surface area contributed by atoms with Crippen LogP contribution in [0.25, 0.3) is 11.0 Å². The second-order valence-corrected chi connectivity index (χ2v) is 5.01. The molecule has 2 heterocycles. The number of hydrogen-bond donors (Lipinski definition) is 1. The molecule has 2 aliphatic rings. The van der Waals surface area contributed by atoms with Gasteiger partial charge in [0, 0.05) is 12.7 Å². The zero-order valence-corrected chi connectivity index (χ0v) is 10.0. The monoisotopic (exact) mass is 238 g/mol. The van der Waals surface area contributed by atoms with Crippen LogP contribution >= 0.6 is 0 Å². The fourth-order valence-corrected chi connectivity index (χ4v) is 2.56. The quantitative estimate of drug-likeness (QED) is 0.871. The molecule has 1 N–H and O–H groups in total. The Labute approximate surface area is 105 Å². The Hall–Kier alpha value is -1.97. The SMILES string of the molecule is c1ccc2nc(C3CNN=C3C3CC3)cnc2c1. The third kappa shape index (κ3) is 1.56. The van der Waals surface area contributed by atoms with Crippen molar-refractivity contribution in [1.82, 2.24) is 15.4 Å². The lowest BCUT2D eigenvalue weighted by molar-refractivity contribution is 0.748. The van der Waals surface area contributed by atoms with Gasteiger partial charge in [-0.15, -0.1) is 0 Å². The standard InChI is InChI=1S/C14H14N4/c1-2-4-12-11(3-1)15-8-13(17-12)10-7-16-18-14(10)9-5-6-9/h1-4,8-10,16H,5-7H2. The third-order valence-corrected chi connectivity index (χ3v) is 3.68. The van der Waals surface area contributed by atoms with E-state index in [1.54, 1.807) is 0 Å². The van der Waals surface area contributed by atoms with E-state index < -0.39 is 0 Å². The largest absolute Gasteiger partial charge is 0.309 e.